The Bertz CT molecular complexity index is 1320. The molecule has 1 atom stereocenters. The topological polar surface area (TPSA) is 125 Å². The van der Waals surface area contributed by atoms with Crippen LogP contribution in [0.25, 0.3) is 11.1 Å². The van der Waals surface area contributed by atoms with Gasteiger partial charge in [0.15, 0.2) is 11.6 Å². The monoisotopic (exact) mass is 609 g/mol. The zero-order chi connectivity index (χ0) is 29.4. The first kappa shape index (κ1) is 31.0. The minimum Gasteiger partial charge on any atom is -0.482 e. The number of aliphatic hydroxyl groups excluding tert-OH is 1. The highest BCUT2D eigenvalue weighted by Crippen LogP contribution is 2.37. The van der Waals surface area contributed by atoms with E-state index in [1.54, 1.807) is 25.4 Å². The zero-order valence-electron chi connectivity index (χ0n) is 22.8. The number of benzene rings is 1. The Morgan fingerprint density at radius 2 is 1.93 bits per heavy atom. The van der Waals surface area contributed by atoms with Crippen molar-refractivity contribution < 1.29 is 28.5 Å². The number of anilines is 1. The number of hydrogen-bond donors (Lipinski definition) is 2. The van der Waals surface area contributed by atoms with Crippen molar-refractivity contribution in [2.24, 2.45) is 0 Å². The summed E-state index contributed by atoms with van der Waals surface area (Å²) in [6.45, 7) is 4.21. The summed E-state index contributed by atoms with van der Waals surface area (Å²) in [4.78, 5) is 18.6. The number of hydrogen-bond acceptors (Lipinski definition) is 8. The van der Waals surface area contributed by atoms with E-state index >= 15 is 0 Å². The predicted octanol–water partition coefficient (Wildman–Crippen LogP) is 4.69. The highest BCUT2D eigenvalue weighted by Gasteiger charge is 2.25. The molecule has 222 valence electrons. The van der Waals surface area contributed by atoms with Gasteiger partial charge in [-0.25, -0.2) is 9.37 Å². The SMILES string of the molecule is C[C@@H](Oc1cc(-c2cnn(C3CCN(C(=O)COCCCOCCO)CC3)c2)cnc1N)c1c(Cl)ccc(F)c1Cl. The molecular weight excluding hydrogens is 576 g/mol. The van der Waals surface area contributed by atoms with Gasteiger partial charge >= 0.3 is 0 Å². The van der Waals surface area contributed by atoms with E-state index in [1.807, 2.05) is 15.8 Å². The third kappa shape index (κ3) is 8.08. The molecule has 3 aromatic rings. The Hall–Kier alpha value is -2.96. The fourth-order valence-corrected chi connectivity index (χ4v) is 5.30. The van der Waals surface area contributed by atoms with Crippen LogP contribution in [0, 0.1) is 5.82 Å². The maximum atomic E-state index is 14.0. The van der Waals surface area contributed by atoms with Crippen LogP contribution in [0.1, 0.15) is 43.9 Å². The lowest BCUT2D eigenvalue weighted by Crippen LogP contribution is -2.41. The molecule has 1 fully saturated rings. The largest absolute Gasteiger partial charge is 0.482 e. The second-order valence-electron chi connectivity index (χ2n) is 9.69. The number of nitrogens with zero attached hydrogens (tertiary/aromatic N) is 4. The van der Waals surface area contributed by atoms with Crippen molar-refractivity contribution in [3.63, 3.8) is 0 Å². The highest BCUT2D eigenvalue weighted by atomic mass is 35.5. The van der Waals surface area contributed by atoms with Crippen LogP contribution in [0.3, 0.4) is 0 Å². The summed E-state index contributed by atoms with van der Waals surface area (Å²) in [5.41, 5.74) is 7.97. The number of nitrogen functional groups attached to an aromatic ring is 1. The molecule has 41 heavy (non-hydrogen) atoms. The molecule has 2 aromatic heterocycles. The average molecular weight is 611 g/mol. The van der Waals surface area contributed by atoms with Crippen LogP contribution in [-0.4, -0.2) is 76.8 Å². The second kappa shape index (κ2) is 14.8. The lowest BCUT2D eigenvalue weighted by Gasteiger charge is -2.32. The lowest BCUT2D eigenvalue weighted by atomic mass is 10.1. The number of aliphatic hydroxyl groups is 1. The molecule has 0 radical (unpaired) electrons. The van der Waals surface area contributed by atoms with Crippen LogP contribution in [0.4, 0.5) is 10.2 Å². The van der Waals surface area contributed by atoms with Crippen LogP contribution in [0.2, 0.25) is 10.0 Å². The average Bonchev–Trinajstić information content (AvgIpc) is 3.46. The molecule has 3 heterocycles. The van der Waals surface area contributed by atoms with Gasteiger partial charge in [0.25, 0.3) is 0 Å². The minimum absolute atomic E-state index is 0.00557. The number of carbonyl (C=O) groups excluding carboxylic acids is 1. The number of carbonyl (C=O) groups is 1. The molecule has 3 N–H and O–H groups in total. The molecule has 1 aliphatic heterocycles. The van der Waals surface area contributed by atoms with Crippen LogP contribution >= 0.6 is 23.2 Å². The summed E-state index contributed by atoms with van der Waals surface area (Å²) < 4.78 is 32.6. The molecule has 4 rings (SSSR count). The molecular formula is C28H34Cl2FN5O5. The Kier molecular flexibility index (Phi) is 11.2. The van der Waals surface area contributed by atoms with E-state index in [1.165, 1.54) is 12.1 Å². The number of amides is 1. The number of pyridine rings is 1. The molecule has 1 aromatic carbocycles. The third-order valence-corrected chi connectivity index (χ3v) is 7.55. The molecule has 0 unspecified atom stereocenters. The quantitative estimate of drug-likeness (QED) is 0.211. The number of halogens is 3. The number of nitrogens with two attached hydrogens (primary N) is 1. The van der Waals surface area contributed by atoms with E-state index in [-0.39, 0.29) is 41.0 Å². The molecule has 0 aliphatic carbocycles. The summed E-state index contributed by atoms with van der Waals surface area (Å²) in [6, 6.07) is 4.53. The van der Waals surface area contributed by atoms with Gasteiger partial charge in [-0.3, -0.25) is 9.48 Å². The van der Waals surface area contributed by atoms with E-state index in [2.05, 4.69) is 10.1 Å². The van der Waals surface area contributed by atoms with Crippen molar-refractivity contribution >= 4 is 34.9 Å². The van der Waals surface area contributed by atoms with E-state index in [4.69, 9.17) is 48.3 Å². The first-order chi connectivity index (χ1) is 19.8. The summed E-state index contributed by atoms with van der Waals surface area (Å²) in [6.07, 6.45) is 6.84. The van der Waals surface area contributed by atoms with Gasteiger partial charge in [-0.15, -0.1) is 0 Å². The minimum atomic E-state index is -0.683. The first-order valence-electron chi connectivity index (χ1n) is 13.4. The van der Waals surface area contributed by atoms with Crippen molar-refractivity contribution in [3.05, 3.63) is 58.2 Å². The van der Waals surface area contributed by atoms with Crippen molar-refractivity contribution in [3.8, 4) is 16.9 Å². The molecule has 0 spiro atoms. The number of likely N-dealkylation sites (tertiary alicyclic amines) is 1. The maximum Gasteiger partial charge on any atom is 0.248 e. The van der Waals surface area contributed by atoms with Crippen molar-refractivity contribution in [1.82, 2.24) is 19.7 Å². The number of rotatable bonds is 13. The highest BCUT2D eigenvalue weighted by molar-refractivity contribution is 6.36. The van der Waals surface area contributed by atoms with Gasteiger partial charge in [-0.05, 0) is 44.4 Å². The number of ether oxygens (including phenoxy) is 3. The molecule has 13 heteroatoms. The van der Waals surface area contributed by atoms with Crippen LogP contribution in [0.5, 0.6) is 5.75 Å². The van der Waals surface area contributed by atoms with E-state index in [0.29, 0.717) is 50.6 Å². The third-order valence-electron chi connectivity index (χ3n) is 6.84. The first-order valence-corrected chi connectivity index (χ1v) is 14.2. The van der Waals surface area contributed by atoms with Gasteiger partial charge in [0.2, 0.25) is 5.91 Å². The zero-order valence-corrected chi connectivity index (χ0v) is 24.3. The van der Waals surface area contributed by atoms with Gasteiger partial charge in [-0.2, -0.15) is 5.10 Å². The molecule has 1 saturated heterocycles. The van der Waals surface area contributed by atoms with Crippen LogP contribution in [0.15, 0.2) is 36.8 Å². The van der Waals surface area contributed by atoms with Gasteiger partial charge in [0.05, 0.1) is 30.5 Å². The predicted molar refractivity (Wildman–Crippen MR) is 154 cm³/mol. The van der Waals surface area contributed by atoms with E-state index < -0.39 is 11.9 Å². The molecule has 1 amide bonds. The summed E-state index contributed by atoms with van der Waals surface area (Å²) >= 11 is 12.4. The lowest BCUT2D eigenvalue weighted by molar-refractivity contribution is -0.137. The van der Waals surface area contributed by atoms with Gasteiger partial charge in [0, 0.05) is 60.4 Å². The normalized spacial score (nSPS) is 14.8. The van der Waals surface area contributed by atoms with Crippen molar-refractivity contribution in [2.75, 3.05) is 51.9 Å². The van der Waals surface area contributed by atoms with Crippen LogP contribution < -0.4 is 10.5 Å². The Morgan fingerprint density at radius 3 is 2.68 bits per heavy atom. The maximum absolute atomic E-state index is 14.0. The van der Waals surface area contributed by atoms with Gasteiger partial charge in [-0.1, -0.05) is 23.2 Å². The van der Waals surface area contributed by atoms with E-state index in [9.17, 15) is 9.18 Å². The Morgan fingerprint density at radius 1 is 1.17 bits per heavy atom. The van der Waals surface area contributed by atoms with Crippen molar-refractivity contribution in [1.29, 1.82) is 0 Å². The van der Waals surface area contributed by atoms with Crippen LogP contribution in [-0.2, 0) is 14.3 Å². The fraction of sp³-hybridized carbons (Fsp3) is 0.464. The smallest absolute Gasteiger partial charge is 0.248 e. The summed E-state index contributed by atoms with van der Waals surface area (Å²) in [5, 5.41) is 13.4. The molecule has 10 nitrogen and oxygen atoms in total. The Labute approximate surface area is 248 Å². The standard InChI is InChI=1S/C28H34Cl2FN5O5/c1-18(26-22(29)3-4-23(31)27(26)30)41-24-13-19(14-33-28(24)32)20-15-34-36(16-20)21-5-7-35(8-6-21)25(38)17-40-11-2-10-39-12-9-37/h3-4,13-16,18,21,37H,2,5-12,17H2,1H3,(H2,32,33)/t18-/m1/s1. The second-order valence-corrected chi connectivity index (χ2v) is 10.5. The fourth-order valence-electron chi connectivity index (χ4n) is 4.62. The van der Waals surface area contributed by atoms with Gasteiger partial charge < -0.3 is 30.0 Å². The molecule has 0 saturated carbocycles. The van der Waals surface area contributed by atoms with Crippen molar-refractivity contribution in [2.45, 2.75) is 38.3 Å². The Balaban J connectivity index is 1.32. The molecule has 0 bridgehead atoms. The summed E-state index contributed by atoms with van der Waals surface area (Å²) in [5.74, 6) is -0.135. The van der Waals surface area contributed by atoms with E-state index in [0.717, 1.165) is 24.0 Å². The number of aromatic nitrogens is 3. The van der Waals surface area contributed by atoms with Gasteiger partial charge in [0.1, 0.15) is 18.5 Å². The molecule has 1 aliphatic rings. The number of piperidine rings is 1. The summed E-state index contributed by atoms with van der Waals surface area (Å²) in [7, 11) is 0.